The van der Waals surface area contributed by atoms with E-state index in [1.807, 2.05) is 0 Å². The summed E-state index contributed by atoms with van der Waals surface area (Å²) in [5.74, 6) is -2.26. The fourth-order valence-corrected chi connectivity index (χ4v) is 2.70. The summed E-state index contributed by atoms with van der Waals surface area (Å²) in [7, 11) is 0. The lowest BCUT2D eigenvalue weighted by Gasteiger charge is -2.23. The van der Waals surface area contributed by atoms with Gasteiger partial charge in [0.1, 0.15) is 5.75 Å². The van der Waals surface area contributed by atoms with Crippen molar-refractivity contribution in [3.63, 3.8) is 0 Å². The van der Waals surface area contributed by atoms with Gasteiger partial charge in [-0.15, -0.1) is 0 Å². The Morgan fingerprint density at radius 2 is 2.33 bits per heavy atom. The highest BCUT2D eigenvalue weighted by Gasteiger charge is 2.26. The van der Waals surface area contributed by atoms with Crippen LogP contribution in [0.5, 0.6) is 5.75 Å². The Hall–Kier alpha value is -0.680. The van der Waals surface area contributed by atoms with Crippen molar-refractivity contribution in [2.75, 3.05) is 0 Å². The molecular formula is C7H5ClNO4PS. The summed E-state index contributed by atoms with van der Waals surface area (Å²) < 4.78 is 10.3. The maximum Gasteiger partial charge on any atom is 0.333 e. The minimum Gasteiger partial charge on any atom is -0.432 e. The Labute approximate surface area is 95.1 Å². The monoisotopic (exact) mass is 265 g/mol. The Balaban J connectivity index is 2.41. The molecule has 0 radical (unpaired) electrons. The molecule has 1 aromatic carbocycles. The number of halogens is 1. The maximum atomic E-state index is 10.5. The number of fused-ring (bicyclic) bond motifs is 1. The lowest BCUT2D eigenvalue weighted by Crippen LogP contribution is -2.04. The molecule has 0 aliphatic carbocycles. The Morgan fingerprint density at radius 1 is 1.60 bits per heavy atom. The zero-order chi connectivity index (χ0) is 11.1. The Morgan fingerprint density at radius 3 is 3.00 bits per heavy atom. The molecule has 1 heterocycles. The van der Waals surface area contributed by atoms with Gasteiger partial charge < -0.3 is 9.05 Å². The first-order valence-corrected chi connectivity index (χ1v) is 7.43. The third-order valence-corrected chi connectivity index (χ3v) is 3.73. The number of non-ortho nitro benzene ring substituents is 1. The van der Waals surface area contributed by atoms with Crippen LogP contribution in [0.1, 0.15) is 5.56 Å². The minimum absolute atomic E-state index is 0.00859. The highest BCUT2D eigenvalue weighted by atomic mass is 35.7. The molecule has 0 N–H and O–H groups in total. The quantitative estimate of drug-likeness (QED) is 0.444. The number of benzene rings is 1. The van der Waals surface area contributed by atoms with Crippen molar-refractivity contribution in [2.24, 2.45) is 0 Å². The number of nitrogens with zero attached hydrogens (tertiary/aromatic N) is 1. The third kappa shape index (κ3) is 2.29. The zero-order valence-electron chi connectivity index (χ0n) is 7.25. The first-order chi connectivity index (χ1) is 6.98. The molecule has 1 aliphatic rings. The second-order valence-electron chi connectivity index (χ2n) is 2.84. The first kappa shape index (κ1) is 10.8. The number of nitro benzene ring substituents is 1. The summed E-state index contributed by atoms with van der Waals surface area (Å²) in [4.78, 5) is 10.0. The van der Waals surface area contributed by atoms with Gasteiger partial charge in [0.25, 0.3) is 5.69 Å². The molecule has 1 aromatic rings. The fraction of sp³-hybridized carbons (Fsp3) is 0.143. The molecule has 0 aromatic heterocycles. The van der Waals surface area contributed by atoms with E-state index in [4.69, 9.17) is 32.1 Å². The topological polar surface area (TPSA) is 61.6 Å². The minimum atomic E-state index is -2.72. The standard InChI is InChI=1S/C7H5ClNO4PS/c8-14(15)12-4-5-3-6(9(10)11)1-2-7(5)13-14/h1-3H,4H2. The normalized spacial score (nSPS) is 24.1. The van der Waals surface area contributed by atoms with Gasteiger partial charge in [-0.25, -0.2) is 0 Å². The summed E-state index contributed by atoms with van der Waals surface area (Å²) in [6, 6.07) is 4.22. The van der Waals surface area contributed by atoms with Crippen LogP contribution in [0.15, 0.2) is 18.2 Å². The van der Waals surface area contributed by atoms with Gasteiger partial charge in [0.05, 0.1) is 11.5 Å². The third-order valence-electron chi connectivity index (χ3n) is 1.84. The van der Waals surface area contributed by atoms with Gasteiger partial charge in [-0.1, -0.05) is 0 Å². The molecule has 1 aliphatic heterocycles. The molecule has 0 saturated heterocycles. The van der Waals surface area contributed by atoms with Crippen molar-refractivity contribution in [3.8, 4) is 5.75 Å². The summed E-state index contributed by atoms with van der Waals surface area (Å²) in [5, 5.41) is 10.5. The molecule has 8 heteroatoms. The van der Waals surface area contributed by atoms with E-state index < -0.39 is 10.8 Å². The molecule has 2 rings (SSSR count). The molecule has 0 bridgehead atoms. The van der Waals surface area contributed by atoms with Crippen molar-refractivity contribution in [2.45, 2.75) is 6.61 Å². The van der Waals surface area contributed by atoms with Gasteiger partial charge in [0, 0.05) is 17.7 Å². The number of rotatable bonds is 1. The molecule has 0 amide bonds. The molecular weight excluding hydrogens is 261 g/mol. The Bertz CT molecular complexity index is 480. The van der Waals surface area contributed by atoms with Gasteiger partial charge >= 0.3 is 5.84 Å². The first-order valence-electron chi connectivity index (χ1n) is 3.89. The van der Waals surface area contributed by atoms with Crippen LogP contribution in [0.3, 0.4) is 0 Å². The largest absolute Gasteiger partial charge is 0.432 e. The van der Waals surface area contributed by atoms with E-state index in [1.165, 1.54) is 18.2 Å². The van der Waals surface area contributed by atoms with E-state index in [-0.39, 0.29) is 12.3 Å². The number of hydrogen-bond acceptors (Lipinski definition) is 5. The van der Waals surface area contributed by atoms with Crippen LogP contribution < -0.4 is 4.52 Å². The highest BCUT2D eigenvalue weighted by Crippen LogP contribution is 2.58. The van der Waals surface area contributed by atoms with Crippen molar-refractivity contribution in [3.05, 3.63) is 33.9 Å². The van der Waals surface area contributed by atoms with Crippen LogP contribution >= 0.6 is 17.1 Å². The van der Waals surface area contributed by atoms with Crippen molar-refractivity contribution in [1.29, 1.82) is 0 Å². The molecule has 0 fully saturated rings. The smallest absolute Gasteiger partial charge is 0.333 e. The number of nitro groups is 1. The van der Waals surface area contributed by atoms with Crippen molar-refractivity contribution in [1.82, 2.24) is 0 Å². The summed E-state index contributed by atoms with van der Waals surface area (Å²) in [6.45, 7) is 0.151. The molecule has 0 saturated carbocycles. The molecule has 15 heavy (non-hydrogen) atoms. The molecule has 5 nitrogen and oxygen atoms in total. The van der Waals surface area contributed by atoms with E-state index in [2.05, 4.69) is 0 Å². The zero-order valence-corrected chi connectivity index (χ0v) is 9.72. The second kappa shape index (κ2) is 3.72. The van der Waals surface area contributed by atoms with E-state index in [9.17, 15) is 10.1 Å². The summed E-state index contributed by atoms with van der Waals surface area (Å²) in [6.07, 6.45) is 0. The molecule has 80 valence electrons. The van der Waals surface area contributed by atoms with Crippen LogP contribution in [0, 0.1) is 10.1 Å². The van der Waals surface area contributed by atoms with Crippen LogP contribution in [0.4, 0.5) is 5.69 Å². The van der Waals surface area contributed by atoms with E-state index >= 15 is 0 Å². The summed E-state index contributed by atoms with van der Waals surface area (Å²) >= 11 is 10.6. The van der Waals surface area contributed by atoms with Crippen molar-refractivity contribution >= 4 is 34.6 Å². The van der Waals surface area contributed by atoms with Crippen LogP contribution in [0.2, 0.25) is 0 Å². The Kier molecular flexibility index (Phi) is 2.68. The SMILES string of the molecule is O=[N+]([O-])c1ccc2c(c1)COP(=S)(Cl)O2. The van der Waals surface area contributed by atoms with E-state index in [1.54, 1.807) is 0 Å². The second-order valence-corrected chi connectivity index (χ2v) is 7.53. The van der Waals surface area contributed by atoms with Gasteiger partial charge in [-0.3, -0.25) is 10.1 Å². The maximum absolute atomic E-state index is 10.5. The lowest BCUT2D eigenvalue weighted by molar-refractivity contribution is -0.385. The average Bonchev–Trinajstić information content (AvgIpc) is 2.15. The van der Waals surface area contributed by atoms with E-state index in [0.717, 1.165) is 0 Å². The van der Waals surface area contributed by atoms with E-state index in [0.29, 0.717) is 11.3 Å². The molecule has 0 spiro atoms. The van der Waals surface area contributed by atoms with Crippen LogP contribution in [-0.2, 0) is 22.9 Å². The predicted octanol–water partition coefficient (Wildman–Crippen LogP) is 2.97. The van der Waals surface area contributed by atoms with Gasteiger partial charge in [-0.05, 0) is 29.1 Å². The summed E-state index contributed by atoms with van der Waals surface area (Å²) in [5.41, 5.74) is 0.580. The van der Waals surface area contributed by atoms with Gasteiger partial charge in [0.15, 0.2) is 0 Å². The van der Waals surface area contributed by atoms with Crippen LogP contribution in [0.25, 0.3) is 0 Å². The number of hydrogen-bond donors (Lipinski definition) is 0. The highest BCUT2D eigenvalue weighted by molar-refractivity contribution is 8.22. The molecule has 1 unspecified atom stereocenters. The van der Waals surface area contributed by atoms with Gasteiger partial charge in [-0.2, -0.15) is 0 Å². The molecule has 1 atom stereocenters. The fourth-order valence-electron chi connectivity index (χ4n) is 1.17. The van der Waals surface area contributed by atoms with Gasteiger partial charge in [0.2, 0.25) is 0 Å². The predicted molar refractivity (Wildman–Crippen MR) is 58.7 cm³/mol. The lowest BCUT2D eigenvalue weighted by atomic mass is 10.2. The average molecular weight is 266 g/mol. The van der Waals surface area contributed by atoms with Crippen LogP contribution in [-0.4, -0.2) is 4.92 Å². The van der Waals surface area contributed by atoms with Crippen molar-refractivity contribution < 1.29 is 14.0 Å².